The number of sulfonamides is 1. The molecule has 1 heterocycles. The van der Waals surface area contributed by atoms with Gasteiger partial charge < -0.3 is 9.32 Å². The van der Waals surface area contributed by atoms with E-state index in [9.17, 15) is 18.0 Å². The first-order valence-corrected chi connectivity index (χ1v) is 9.00. The maximum absolute atomic E-state index is 12.2. The molecule has 0 bridgehead atoms. The number of aromatic nitrogens is 1. The van der Waals surface area contributed by atoms with Gasteiger partial charge in [-0.25, -0.2) is 17.5 Å². The van der Waals surface area contributed by atoms with Crippen LogP contribution in [0.4, 0.5) is 0 Å². The van der Waals surface area contributed by atoms with E-state index in [1.165, 1.54) is 36.9 Å². The molecular weight excluding hydrogens is 334 g/mol. The van der Waals surface area contributed by atoms with Gasteiger partial charge in [0.25, 0.3) is 0 Å². The van der Waals surface area contributed by atoms with Crippen molar-refractivity contribution in [1.29, 1.82) is 0 Å². The molecule has 0 atom stereocenters. The summed E-state index contributed by atoms with van der Waals surface area (Å²) in [7, 11) is -0.789. The van der Waals surface area contributed by atoms with Crippen LogP contribution in [0.5, 0.6) is 0 Å². The molecule has 24 heavy (non-hydrogen) atoms. The molecule has 0 radical (unpaired) electrons. The molecule has 8 nitrogen and oxygen atoms in total. The molecule has 0 aliphatic rings. The Morgan fingerprint density at radius 1 is 1.21 bits per heavy atom. The van der Waals surface area contributed by atoms with Crippen molar-refractivity contribution in [1.82, 2.24) is 13.8 Å². The second kappa shape index (κ2) is 6.78. The summed E-state index contributed by atoms with van der Waals surface area (Å²) >= 11 is 0. The predicted octanol–water partition coefficient (Wildman–Crippen LogP) is 0.713. The average Bonchev–Trinajstić information content (AvgIpc) is 2.83. The average molecular weight is 355 g/mol. The van der Waals surface area contributed by atoms with Crippen LogP contribution in [-0.4, -0.2) is 55.3 Å². The van der Waals surface area contributed by atoms with E-state index in [4.69, 9.17) is 4.42 Å². The van der Waals surface area contributed by atoms with Gasteiger partial charge in [-0.15, -0.1) is 0 Å². The van der Waals surface area contributed by atoms with Crippen molar-refractivity contribution in [3.05, 3.63) is 28.7 Å². The van der Waals surface area contributed by atoms with Gasteiger partial charge in [0.2, 0.25) is 15.9 Å². The fourth-order valence-corrected chi connectivity index (χ4v) is 3.30. The van der Waals surface area contributed by atoms with Crippen LogP contribution in [0.2, 0.25) is 0 Å². The largest absolute Gasteiger partial charge is 0.420 e. The first-order valence-electron chi connectivity index (χ1n) is 7.56. The number of carbonyl (C=O) groups is 1. The van der Waals surface area contributed by atoms with E-state index in [0.717, 1.165) is 4.31 Å². The number of nitrogens with zero attached hydrogens (tertiary/aromatic N) is 3. The van der Waals surface area contributed by atoms with Crippen LogP contribution in [-0.2, 0) is 21.4 Å². The number of amides is 1. The summed E-state index contributed by atoms with van der Waals surface area (Å²) in [6.07, 6.45) is 0. The molecule has 0 unspecified atom stereocenters. The fourth-order valence-electron chi connectivity index (χ4n) is 2.38. The second-order valence-electron chi connectivity index (χ2n) is 5.44. The van der Waals surface area contributed by atoms with Crippen LogP contribution < -0.4 is 5.76 Å². The molecule has 0 aliphatic heterocycles. The number of hydrogen-bond donors (Lipinski definition) is 0. The van der Waals surface area contributed by atoms with Gasteiger partial charge in [-0.1, -0.05) is 0 Å². The van der Waals surface area contributed by atoms with Crippen LogP contribution >= 0.6 is 0 Å². The third-order valence-electron chi connectivity index (χ3n) is 3.83. The normalized spacial score (nSPS) is 12.0. The van der Waals surface area contributed by atoms with E-state index in [1.54, 1.807) is 4.90 Å². The Morgan fingerprint density at radius 3 is 2.38 bits per heavy atom. The third kappa shape index (κ3) is 3.22. The Balaban J connectivity index is 2.47. The summed E-state index contributed by atoms with van der Waals surface area (Å²) < 4.78 is 31.7. The van der Waals surface area contributed by atoms with Gasteiger partial charge in [0.15, 0.2) is 5.58 Å². The Bertz CT molecular complexity index is 907. The number of fused-ring (bicyclic) bond motifs is 1. The molecule has 0 N–H and O–H groups in total. The zero-order valence-electron chi connectivity index (χ0n) is 14.1. The lowest BCUT2D eigenvalue weighted by Gasteiger charge is -2.18. The monoisotopic (exact) mass is 355 g/mol. The first kappa shape index (κ1) is 18.2. The Labute approximate surface area is 140 Å². The third-order valence-corrected chi connectivity index (χ3v) is 5.64. The van der Waals surface area contributed by atoms with Crippen molar-refractivity contribution < 1.29 is 17.6 Å². The van der Waals surface area contributed by atoms with Crippen molar-refractivity contribution in [2.45, 2.75) is 25.3 Å². The summed E-state index contributed by atoms with van der Waals surface area (Å²) in [5.41, 5.74) is 0.522. The molecule has 1 aromatic heterocycles. The smallest absolute Gasteiger partial charge is 0.408 e. The topological polar surface area (TPSA) is 92.8 Å². The van der Waals surface area contributed by atoms with E-state index in [-0.39, 0.29) is 22.9 Å². The predicted molar refractivity (Wildman–Crippen MR) is 89.3 cm³/mol. The van der Waals surface area contributed by atoms with E-state index < -0.39 is 15.8 Å². The molecule has 0 fully saturated rings. The molecule has 0 spiro atoms. The minimum Gasteiger partial charge on any atom is -0.408 e. The number of likely N-dealkylation sites (N-methyl/N-ethyl adjacent to an activating group) is 1. The van der Waals surface area contributed by atoms with Crippen molar-refractivity contribution in [2.75, 3.05) is 27.2 Å². The first-order chi connectivity index (χ1) is 11.2. The zero-order chi connectivity index (χ0) is 18.1. The van der Waals surface area contributed by atoms with Crippen molar-refractivity contribution in [2.24, 2.45) is 0 Å². The van der Waals surface area contributed by atoms with Crippen LogP contribution in [0, 0.1) is 0 Å². The SMILES string of the molecule is CCN(CC)C(=O)Cn1c(=O)oc2cc(S(=O)(=O)N(C)C)ccc21. The van der Waals surface area contributed by atoms with E-state index in [0.29, 0.717) is 18.6 Å². The standard InChI is InChI=1S/C15H21N3O5S/c1-5-17(6-2)14(19)10-18-12-8-7-11(24(21,22)16(3)4)9-13(12)23-15(18)20/h7-9H,5-6,10H2,1-4H3. The minimum absolute atomic E-state index is 0.0240. The number of benzene rings is 1. The number of oxazole rings is 1. The lowest BCUT2D eigenvalue weighted by Crippen LogP contribution is -2.35. The summed E-state index contributed by atoms with van der Waals surface area (Å²) in [6, 6.07) is 4.17. The number of rotatable bonds is 6. The zero-order valence-corrected chi connectivity index (χ0v) is 15.0. The van der Waals surface area contributed by atoms with Crippen molar-refractivity contribution in [3.8, 4) is 0 Å². The van der Waals surface area contributed by atoms with Crippen molar-refractivity contribution >= 4 is 27.0 Å². The highest BCUT2D eigenvalue weighted by molar-refractivity contribution is 7.89. The van der Waals surface area contributed by atoms with E-state index >= 15 is 0 Å². The maximum atomic E-state index is 12.2. The summed E-state index contributed by atoms with van der Waals surface area (Å²) in [5.74, 6) is -0.889. The Morgan fingerprint density at radius 2 is 1.83 bits per heavy atom. The van der Waals surface area contributed by atoms with Crippen LogP contribution in [0.1, 0.15) is 13.8 Å². The molecule has 1 amide bonds. The van der Waals surface area contributed by atoms with Gasteiger partial charge in [-0.2, -0.15) is 0 Å². The van der Waals surface area contributed by atoms with Gasteiger partial charge in [-0.05, 0) is 26.0 Å². The van der Waals surface area contributed by atoms with Gasteiger partial charge >= 0.3 is 5.76 Å². The van der Waals surface area contributed by atoms with Gasteiger partial charge in [-0.3, -0.25) is 9.36 Å². The van der Waals surface area contributed by atoms with Crippen LogP contribution in [0.3, 0.4) is 0 Å². The minimum atomic E-state index is -3.63. The van der Waals surface area contributed by atoms with Gasteiger partial charge in [0.05, 0.1) is 10.4 Å². The second-order valence-corrected chi connectivity index (χ2v) is 7.59. The highest BCUT2D eigenvalue weighted by atomic mass is 32.2. The summed E-state index contributed by atoms with van der Waals surface area (Å²) in [6.45, 7) is 4.66. The van der Waals surface area contributed by atoms with Gasteiger partial charge in [0.1, 0.15) is 6.54 Å². The molecule has 1 aromatic carbocycles. The molecule has 0 aliphatic carbocycles. The number of carbonyl (C=O) groups excluding carboxylic acids is 1. The summed E-state index contributed by atoms with van der Waals surface area (Å²) in [4.78, 5) is 25.9. The highest BCUT2D eigenvalue weighted by Crippen LogP contribution is 2.20. The summed E-state index contributed by atoms with van der Waals surface area (Å²) in [5, 5.41) is 0. The quantitative estimate of drug-likeness (QED) is 0.761. The fraction of sp³-hybridized carbons (Fsp3) is 0.467. The molecular formula is C15H21N3O5S. The maximum Gasteiger partial charge on any atom is 0.420 e. The molecule has 132 valence electrons. The van der Waals surface area contributed by atoms with Crippen LogP contribution in [0.15, 0.2) is 32.3 Å². The molecule has 2 rings (SSSR count). The highest BCUT2D eigenvalue weighted by Gasteiger charge is 2.21. The molecule has 0 saturated heterocycles. The van der Waals surface area contributed by atoms with Crippen molar-refractivity contribution in [3.63, 3.8) is 0 Å². The lowest BCUT2D eigenvalue weighted by molar-refractivity contribution is -0.131. The molecule has 9 heteroatoms. The lowest BCUT2D eigenvalue weighted by atomic mass is 10.3. The van der Waals surface area contributed by atoms with Gasteiger partial charge in [0, 0.05) is 33.3 Å². The van der Waals surface area contributed by atoms with Crippen LogP contribution in [0.25, 0.3) is 11.1 Å². The molecule has 2 aromatic rings. The Hall–Kier alpha value is -2.13. The molecule has 0 saturated carbocycles. The Kier molecular flexibility index (Phi) is 5.14. The number of hydrogen-bond acceptors (Lipinski definition) is 5. The van der Waals surface area contributed by atoms with E-state index in [2.05, 4.69) is 0 Å². The van der Waals surface area contributed by atoms with E-state index in [1.807, 2.05) is 13.8 Å².